The lowest BCUT2D eigenvalue weighted by molar-refractivity contribution is -0.115. The number of rotatable bonds is 3. The molecule has 0 aromatic heterocycles. The number of carbonyl (C=O) groups excluding carboxylic acids is 1. The number of anilines is 2. The molecule has 0 spiro atoms. The highest BCUT2D eigenvalue weighted by Crippen LogP contribution is 2.36. The summed E-state index contributed by atoms with van der Waals surface area (Å²) in [6, 6.07) is 14.1. The van der Waals surface area contributed by atoms with Crippen LogP contribution in [0, 0.1) is 11.3 Å². The third-order valence-corrected chi connectivity index (χ3v) is 3.63. The zero-order valence-corrected chi connectivity index (χ0v) is 12.9. The number of halogens is 1. The van der Waals surface area contributed by atoms with Gasteiger partial charge in [-0.05, 0) is 36.4 Å². The highest BCUT2D eigenvalue weighted by atomic mass is 35.5. The number of hydrogen-bond donors (Lipinski definition) is 0. The van der Waals surface area contributed by atoms with Crippen molar-refractivity contribution in [3.05, 3.63) is 48.0 Å². The normalized spacial score (nSPS) is 12.3. The first-order valence-corrected chi connectivity index (χ1v) is 7.55. The van der Waals surface area contributed by atoms with Gasteiger partial charge in [-0.25, -0.2) is 0 Å². The maximum absolute atomic E-state index is 12.3. The third kappa shape index (κ3) is 3.08. The molecule has 0 fully saturated rings. The van der Waals surface area contributed by atoms with Crippen LogP contribution in [0.1, 0.15) is 5.56 Å². The van der Waals surface area contributed by atoms with Gasteiger partial charge in [0, 0.05) is 11.8 Å². The van der Waals surface area contributed by atoms with Crippen molar-refractivity contribution < 1.29 is 14.3 Å². The van der Waals surface area contributed by atoms with Gasteiger partial charge in [0.15, 0.2) is 11.5 Å². The van der Waals surface area contributed by atoms with Crippen molar-refractivity contribution >= 4 is 28.9 Å². The van der Waals surface area contributed by atoms with Crippen LogP contribution in [0.25, 0.3) is 0 Å². The molecule has 1 heterocycles. The van der Waals surface area contributed by atoms with Gasteiger partial charge in [-0.3, -0.25) is 9.69 Å². The molecule has 3 rings (SSSR count). The molecule has 1 aliphatic rings. The molecule has 1 amide bonds. The van der Waals surface area contributed by atoms with Crippen LogP contribution in [0.3, 0.4) is 0 Å². The second-order valence-electron chi connectivity index (χ2n) is 4.85. The summed E-state index contributed by atoms with van der Waals surface area (Å²) >= 11 is 5.75. The number of amides is 1. The van der Waals surface area contributed by atoms with Gasteiger partial charge in [0.2, 0.25) is 5.91 Å². The lowest BCUT2D eigenvalue weighted by Gasteiger charge is -2.25. The molecule has 2 aromatic carbocycles. The lowest BCUT2D eigenvalue weighted by atomic mass is 10.1. The van der Waals surface area contributed by atoms with Crippen LogP contribution >= 0.6 is 11.6 Å². The predicted octanol–water partition coefficient (Wildman–Crippen LogP) is 3.23. The molecule has 0 saturated heterocycles. The van der Waals surface area contributed by atoms with E-state index in [-0.39, 0.29) is 11.8 Å². The van der Waals surface area contributed by atoms with Crippen molar-refractivity contribution in [1.82, 2.24) is 0 Å². The van der Waals surface area contributed by atoms with Crippen molar-refractivity contribution in [3.8, 4) is 17.6 Å². The average molecular weight is 329 g/mol. The monoisotopic (exact) mass is 328 g/mol. The largest absolute Gasteiger partial charge is 0.486 e. The summed E-state index contributed by atoms with van der Waals surface area (Å²) in [6.45, 7) is 0.975. The standard InChI is InChI=1S/C17H13ClN2O3/c18-10-17(21)20(13-3-1-12(11-19)2-4-13)14-5-6-15-16(9-14)23-8-7-22-15/h1-6,9H,7-8,10H2. The van der Waals surface area contributed by atoms with Gasteiger partial charge in [-0.1, -0.05) is 0 Å². The molecule has 0 aliphatic carbocycles. The van der Waals surface area contributed by atoms with Gasteiger partial charge in [0.25, 0.3) is 0 Å². The molecular formula is C17H13ClN2O3. The Kier molecular flexibility index (Phi) is 4.35. The van der Waals surface area contributed by atoms with Gasteiger partial charge >= 0.3 is 0 Å². The van der Waals surface area contributed by atoms with Crippen molar-refractivity contribution in [2.75, 3.05) is 24.0 Å². The van der Waals surface area contributed by atoms with E-state index in [0.29, 0.717) is 41.7 Å². The summed E-state index contributed by atoms with van der Waals surface area (Å²) in [4.78, 5) is 13.8. The number of ether oxygens (including phenoxy) is 2. The molecule has 2 aromatic rings. The van der Waals surface area contributed by atoms with Gasteiger partial charge < -0.3 is 9.47 Å². The third-order valence-electron chi connectivity index (χ3n) is 3.40. The molecule has 0 bridgehead atoms. The minimum absolute atomic E-state index is 0.158. The zero-order valence-electron chi connectivity index (χ0n) is 12.2. The Hall–Kier alpha value is -2.71. The number of benzene rings is 2. The van der Waals surface area contributed by atoms with Crippen LogP contribution < -0.4 is 14.4 Å². The average Bonchev–Trinajstić information content (AvgIpc) is 2.62. The van der Waals surface area contributed by atoms with E-state index in [4.69, 9.17) is 26.3 Å². The van der Waals surface area contributed by atoms with Gasteiger partial charge in [-0.15, -0.1) is 11.6 Å². The van der Waals surface area contributed by atoms with Gasteiger partial charge in [0.1, 0.15) is 19.1 Å². The second-order valence-corrected chi connectivity index (χ2v) is 5.12. The van der Waals surface area contributed by atoms with Gasteiger partial charge in [-0.2, -0.15) is 5.26 Å². The molecule has 23 heavy (non-hydrogen) atoms. The summed E-state index contributed by atoms with van der Waals surface area (Å²) in [5.74, 6) is 0.815. The molecule has 0 N–H and O–H groups in total. The summed E-state index contributed by atoms with van der Waals surface area (Å²) in [5, 5.41) is 8.89. The van der Waals surface area contributed by atoms with E-state index >= 15 is 0 Å². The molecular weight excluding hydrogens is 316 g/mol. The maximum Gasteiger partial charge on any atom is 0.246 e. The lowest BCUT2D eigenvalue weighted by Crippen LogP contribution is -2.27. The van der Waals surface area contributed by atoms with E-state index in [2.05, 4.69) is 6.07 Å². The number of nitrogens with zero attached hydrogens (tertiary/aromatic N) is 2. The van der Waals surface area contributed by atoms with E-state index in [1.54, 1.807) is 42.5 Å². The first-order valence-electron chi connectivity index (χ1n) is 7.01. The van der Waals surface area contributed by atoms with Crippen LogP contribution in [0.15, 0.2) is 42.5 Å². The minimum atomic E-state index is -0.270. The smallest absolute Gasteiger partial charge is 0.246 e. The Bertz CT molecular complexity index is 768. The number of hydrogen-bond acceptors (Lipinski definition) is 4. The molecule has 0 saturated carbocycles. The first kappa shape index (κ1) is 15.2. The van der Waals surface area contributed by atoms with E-state index < -0.39 is 0 Å². The van der Waals surface area contributed by atoms with Crippen LogP contribution in [0.2, 0.25) is 0 Å². The topological polar surface area (TPSA) is 62.6 Å². The molecule has 0 unspecified atom stereocenters. The van der Waals surface area contributed by atoms with Crippen molar-refractivity contribution in [2.45, 2.75) is 0 Å². The van der Waals surface area contributed by atoms with E-state index in [0.717, 1.165) is 0 Å². The fraction of sp³-hybridized carbons (Fsp3) is 0.176. The summed E-state index contributed by atoms with van der Waals surface area (Å²) < 4.78 is 11.1. The number of alkyl halides is 1. The quantitative estimate of drug-likeness (QED) is 0.811. The Morgan fingerprint density at radius 1 is 1.09 bits per heavy atom. The first-order chi connectivity index (χ1) is 11.2. The van der Waals surface area contributed by atoms with E-state index in [1.807, 2.05) is 0 Å². The van der Waals surface area contributed by atoms with Gasteiger partial charge in [0.05, 0.1) is 17.3 Å². The molecule has 0 atom stereocenters. The van der Waals surface area contributed by atoms with Crippen LogP contribution in [0.5, 0.6) is 11.5 Å². The summed E-state index contributed by atoms with van der Waals surface area (Å²) in [5.41, 5.74) is 1.78. The molecule has 6 heteroatoms. The molecule has 0 radical (unpaired) electrons. The van der Waals surface area contributed by atoms with Crippen molar-refractivity contribution in [1.29, 1.82) is 5.26 Å². The van der Waals surface area contributed by atoms with Crippen LogP contribution in [-0.2, 0) is 4.79 Å². The molecule has 1 aliphatic heterocycles. The second kappa shape index (κ2) is 6.59. The van der Waals surface area contributed by atoms with Crippen molar-refractivity contribution in [3.63, 3.8) is 0 Å². The van der Waals surface area contributed by atoms with E-state index in [1.165, 1.54) is 4.90 Å². The predicted molar refractivity (Wildman–Crippen MR) is 86.5 cm³/mol. The number of carbonyl (C=O) groups is 1. The number of nitriles is 1. The summed E-state index contributed by atoms with van der Waals surface area (Å²) in [7, 11) is 0. The molecule has 5 nitrogen and oxygen atoms in total. The summed E-state index contributed by atoms with van der Waals surface area (Å²) in [6.07, 6.45) is 0. The Balaban J connectivity index is 2.02. The highest BCUT2D eigenvalue weighted by Gasteiger charge is 2.20. The van der Waals surface area contributed by atoms with Crippen molar-refractivity contribution in [2.24, 2.45) is 0 Å². The highest BCUT2D eigenvalue weighted by molar-refractivity contribution is 6.30. The fourth-order valence-corrected chi connectivity index (χ4v) is 2.47. The fourth-order valence-electron chi connectivity index (χ4n) is 2.35. The SMILES string of the molecule is N#Cc1ccc(N(C(=O)CCl)c2ccc3c(c2)OCCO3)cc1. The zero-order chi connectivity index (χ0) is 16.2. The minimum Gasteiger partial charge on any atom is -0.486 e. The number of fused-ring (bicyclic) bond motifs is 1. The van der Waals surface area contributed by atoms with E-state index in [9.17, 15) is 4.79 Å². The van der Waals surface area contributed by atoms with Crippen LogP contribution in [0.4, 0.5) is 11.4 Å². The Morgan fingerprint density at radius 2 is 1.74 bits per heavy atom. The maximum atomic E-state index is 12.3. The Morgan fingerprint density at radius 3 is 2.39 bits per heavy atom. The molecule has 116 valence electrons. The Labute approximate surface area is 138 Å². The van der Waals surface area contributed by atoms with Crippen LogP contribution in [-0.4, -0.2) is 25.0 Å².